The molecular weight excluding hydrogens is 266 g/mol. The molecule has 0 saturated heterocycles. The Morgan fingerprint density at radius 3 is 2.48 bits per heavy atom. The molecule has 2 aromatic rings. The van der Waals surface area contributed by atoms with E-state index in [1.807, 2.05) is 31.2 Å². The summed E-state index contributed by atoms with van der Waals surface area (Å²) in [6.07, 6.45) is 4.48. The van der Waals surface area contributed by atoms with Gasteiger partial charge in [0.25, 0.3) is 0 Å². The van der Waals surface area contributed by atoms with E-state index in [0.29, 0.717) is 0 Å². The number of rotatable bonds is 4. The van der Waals surface area contributed by atoms with Crippen LogP contribution in [0.4, 0.5) is 0 Å². The number of nitrogens with zero attached hydrogens (tertiary/aromatic N) is 3. The van der Waals surface area contributed by atoms with Gasteiger partial charge in [-0.1, -0.05) is 17.7 Å². The molecule has 1 aromatic carbocycles. The standard InChI is InChI=1S/C16H17N3O2/c1-12-4-6-13(7-5-12)19-11-9-15(21)16(17-19)14(20)8-10-18(2)3/h4-11H,1-3H3. The molecule has 0 radical (unpaired) electrons. The SMILES string of the molecule is Cc1ccc(-n2ccc(=O)c(C(=O)C=CN(C)C)n2)cc1. The summed E-state index contributed by atoms with van der Waals surface area (Å²) in [6, 6.07) is 9.02. The molecule has 1 heterocycles. The largest absolute Gasteiger partial charge is 0.383 e. The lowest BCUT2D eigenvalue weighted by Gasteiger charge is -2.07. The van der Waals surface area contributed by atoms with Crippen LogP contribution in [-0.4, -0.2) is 34.6 Å². The van der Waals surface area contributed by atoms with Gasteiger partial charge in [-0.15, -0.1) is 0 Å². The van der Waals surface area contributed by atoms with Crippen molar-refractivity contribution in [3.63, 3.8) is 0 Å². The van der Waals surface area contributed by atoms with Crippen molar-refractivity contribution >= 4 is 5.78 Å². The third kappa shape index (κ3) is 3.66. The lowest BCUT2D eigenvalue weighted by molar-refractivity contribution is 0.103. The molecule has 1 aromatic heterocycles. The molecule has 0 spiro atoms. The zero-order valence-corrected chi connectivity index (χ0v) is 12.3. The van der Waals surface area contributed by atoms with Gasteiger partial charge in [0.15, 0.2) is 5.69 Å². The van der Waals surface area contributed by atoms with Gasteiger partial charge in [0.1, 0.15) is 0 Å². The summed E-state index contributed by atoms with van der Waals surface area (Å²) in [6.45, 7) is 1.99. The molecule has 0 bridgehead atoms. The first kappa shape index (κ1) is 14.7. The Labute approximate surface area is 123 Å². The summed E-state index contributed by atoms with van der Waals surface area (Å²) >= 11 is 0. The van der Waals surface area contributed by atoms with Gasteiger partial charge in [-0.3, -0.25) is 9.59 Å². The second-order valence-electron chi connectivity index (χ2n) is 4.95. The summed E-state index contributed by atoms with van der Waals surface area (Å²) in [4.78, 5) is 25.5. The molecule has 0 fully saturated rings. The Kier molecular flexibility index (Phi) is 4.33. The molecule has 21 heavy (non-hydrogen) atoms. The van der Waals surface area contributed by atoms with Gasteiger partial charge in [0.05, 0.1) is 5.69 Å². The van der Waals surface area contributed by atoms with Gasteiger partial charge < -0.3 is 4.90 Å². The van der Waals surface area contributed by atoms with Gasteiger partial charge in [-0.25, -0.2) is 4.68 Å². The summed E-state index contributed by atoms with van der Waals surface area (Å²) < 4.78 is 1.53. The van der Waals surface area contributed by atoms with Gasteiger partial charge in [0, 0.05) is 38.6 Å². The lowest BCUT2D eigenvalue weighted by atomic mass is 10.2. The Morgan fingerprint density at radius 2 is 1.86 bits per heavy atom. The Bertz CT molecular complexity index is 728. The Hall–Kier alpha value is -2.69. The molecule has 5 heteroatoms. The van der Waals surface area contributed by atoms with Crippen LogP contribution in [0, 0.1) is 6.92 Å². The van der Waals surface area contributed by atoms with E-state index in [0.717, 1.165) is 11.3 Å². The predicted molar refractivity (Wildman–Crippen MR) is 81.7 cm³/mol. The van der Waals surface area contributed by atoms with Gasteiger partial charge in [0.2, 0.25) is 11.2 Å². The molecule has 0 aliphatic heterocycles. The number of allylic oxidation sites excluding steroid dienone is 1. The zero-order valence-electron chi connectivity index (χ0n) is 12.3. The second-order valence-corrected chi connectivity index (χ2v) is 4.95. The maximum absolute atomic E-state index is 12.0. The first-order valence-electron chi connectivity index (χ1n) is 6.53. The molecule has 0 unspecified atom stereocenters. The summed E-state index contributed by atoms with van der Waals surface area (Å²) in [5.74, 6) is -0.407. The van der Waals surface area contributed by atoms with Crippen LogP contribution >= 0.6 is 0 Å². The van der Waals surface area contributed by atoms with E-state index < -0.39 is 5.78 Å². The van der Waals surface area contributed by atoms with Gasteiger partial charge in [-0.2, -0.15) is 5.10 Å². The Morgan fingerprint density at radius 1 is 1.19 bits per heavy atom. The van der Waals surface area contributed by atoms with Crippen molar-refractivity contribution in [2.24, 2.45) is 0 Å². The summed E-state index contributed by atoms with van der Waals surface area (Å²) in [5, 5.41) is 4.13. The third-order valence-electron chi connectivity index (χ3n) is 2.86. The van der Waals surface area contributed by atoms with Gasteiger partial charge in [-0.05, 0) is 19.1 Å². The summed E-state index contributed by atoms with van der Waals surface area (Å²) in [7, 11) is 3.60. The molecule has 0 N–H and O–H groups in total. The first-order chi connectivity index (χ1) is 9.97. The van der Waals surface area contributed by atoms with Gasteiger partial charge >= 0.3 is 0 Å². The van der Waals surface area contributed by atoms with Crippen molar-refractivity contribution in [3.05, 3.63) is 70.3 Å². The highest BCUT2D eigenvalue weighted by atomic mass is 16.1. The van der Waals surface area contributed by atoms with Crippen LogP contribution in [0.2, 0.25) is 0 Å². The fraction of sp³-hybridized carbons (Fsp3) is 0.188. The zero-order chi connectivity index (χ0) is 15.4. The number of carbonyl (C=O) groups excluding carboxylic acids is 1. The number of carbonyl (C=O) groups is 1. The molecule has 5 nitrogen and oxygen atoms in total. The highest BCUT2D eigenvalue weighted by molar-refractivity contribution is 6.02. The number of benzene rings is 1. The van der Waals surface area contributed by atoms with Crippen LogP contribution in [0.3, 0.4) is 0 Å². The lowest BCUT2D eigenvalue weighted by Crippen LogP contribution is -2.20. The van der Waals surface area contributed by atoms with E-state index in [2.05, 4.69) is 5.10 Å². The van der Waals surface area contributed by atoms with Crippen molar-refractivity contribution in [2.75, 3.05) is 14.1 Å². The molecular formula is C16H17N3O2. The number of ketones is 1. The second kappa shape index (κ2) is 6.17. The molecule has 0 atom stereocenters. The number of hydrogen-bond donors (Lipinski definition) is 0. The smallest absolute Gasteiger partial charge is 0.211 e. The topological polar surface area (TPSA) is 55.2 Å². The van der Waals surface area contributed by atoms with Crippen LogP contribution in [-0.2, 0) is 0 Å². The summed E-state index contributed by atoms with van der Waals surface area (Å²) in [5.41, 5.74) is 1.46. The van der Waals surface area contributed by atoms with Crippen molar-refractivity contribution < 1.29 is 4.79 Å². The minimum Gasteiger partial charge on any atom is -0.383 e. The van der Waals surface area contributed by atoms with E-state index in [1.54, 1.807) is 31.4 Å². The van der Waals surface area contributed by atoms with Crippen molar-refractivity contribution in [2.45, 2.75) is 6.92 Å². The van der Waals surface area contributed by atoms with E-state index in [-0.39, 0.29) is 11.1 Å². The monoisotopic (exact) mass is 283 g/mol. The third-order valence-corrected chi connectivity index (χ3v) is 2.86. The van der Waals surface area contributed by atoms with E-state index >= 15 is 0 Å². The van der Waals surface area contributed by atoms with Crippen LogP contribution < -0.4 is 5.43 Å². The Balaban J connectivity index is 2.40. The van der Waals surface area contributed by atoms with Crippen LogP contribution in [0.1, 0.15) is 16.1 Å². The molecule has 0 saturated carbocycles. The molecule has 0 aliphatic rings. The average molecular weight is 283 g/mol. The van der Waals surface area contributed by atoms with Crippen molar-refractivity contribution in [1.82, 2.24) is 14.7 Å². The molecule has 2 rings (SSSR count). The first-order valence-corrected chi connectivity index (χ1v) is 6.53. The normalized spacial score (nSPS) is 10.8. The highest BCUT2D eigenvalue weighted by Gasteiger charge is 2.10. The molecule has 0 amide bonds. The quantitative estimate of drug-likeness (QED) is 0.634. The fourth-order valence-corrected chi connectivity index (χ4v) is 1.72. The van der Waals surface area contributed by atoms with E-state index in [4.69, 9.17) is 0 Å². The average Bonchev–Trinajstić information content (AvgIpc) is 2.46. The fourth-order valence-electron chi connectivity index (χ4n) is 1.72. The predicted octanol–water partition coefficient (Wildman–Crippen LogP) is 1.80. The molecule has 108 valence electrons. The van der Waals surface area contributed by atoms with E-state index in [1.165, 1.54) is 16.8 Å². The van der Waals surface area contributed by atoms with Crippen molar-refractivity contribution in [3.8, 4) is 5.69 Å². The van der Waals surface area contributed by atoms with E-state index in [9.17, 15) is 9.59 Å². The van der Waals surface area contributed by atoms with Crippen molar-refractivity contribution in [1.29, 1.82) is 0 Å². The maximum atomic E-state index is 12.0. The highest BCUT2D eigenvalue weighted by Crippen LogP contribution is 2.07. The molecule has 0 aliphatic carbocycles. The maximum Gasteiger partial charge on any atom is 0.211 e. The minimum atomic E-state index is -0.407. The van der Waals surface area contributed by atoms with Crippen LogP contribution in [0.25, 0.3) is 5.69 Å². The minimum absolute atomic E-state index is 0.0869. The number of aryl methyl sites for hydroxylation is 1. The number of aromatic nitrogens is 2. The van der Waals surface area contributed by atoms with Crippen LogP contribution in [0.15, 0.2) is 53.6 Å². The van der Waals surface area contributed by atoms with Crippen LogP contribution in [0.5, 0.6) is 0 Å². The number of hydrogen-bond acceptors (Lipinski definition) is 4.